The van der Waals surface area contributed by atoms with Gasteiger partial charge in [0.25, 0.3) is 0 Å². The van der Waals surface area contributed by atoms with Crippen LogP contribution in [0.1, 0.15) is 45.2 Å². The van der Waals surface area contributed by atoms with E-state index in [2.05, 4.69) is 10.0 Å². The lowest BCUT2D eigenvalue weighted by molar-refractivity contribution is -0.140. The summed E-state index contributed by atoms with van der Waals surface area (Å²) < 4.78 is 26.7. The normalized spacial score (nSPS) is 12.4. The van der Waals surface area contributed by atoms with E-state index in [0.717, 1.165) is 11.1 Å². The van der Waals surface area contributed by atoms with Crippen molar-refractivity contribution in [3.63, 3.8) is 0 Å². The summed E-state index contributed by atoms with van der Waals surface area (Å²) in [5.41, 5.74) is 1.81. The number of sulfonamides is 1. The van der Waals surface area contributed by atoms with Crippen LogP contribution < -0.4 is 10.0 Å². The van der Waals surface area contributed by atoms with Gasteiger partial charge in [-0.2, -0.15) is 0 Å². The number of rotatable bonds is 12. The molecule has 33 heavy (non-hydrogen) atoms. The van der Waals surface area contributed by atoms with Gasteiger partial charge in [-0.25, -0.2) is 13.1 Å². The van der Waals surface area contributed by atoms with Gasteiger partial charge >= 0.3 is 0 Å². The summed E-state index contributed by atoms with van der Waals surface area (Å²) in [5, 5.41) is 2.91. The summed E-state index contributed by atoms with van der Waals surface area (Å²) in [4.78, 5) is 27.6. The average Bonchev–Trinajstić information content (AvgIpc) is 2.80. The van der Waals surface area contributed by atoms with Crippen molar-refractivity contribution in [2.75, 3.05) is 13.1 Å². The molecular formula is C25H35N3O4S. The van der Waals surface area contributed by atoms with Gasteiger partial charge in [-0.05, 0) is 42.5 Å². The molecule has 2 N–H and O–H groups in total. The topological polar surface area (TPSA) is 95.6 Å². The van der Waals surface area contributed by atoms with E-state index < -0.39 is 16.1 Å². The highest BCUT2D eigenvalue weighted by atomic mass is 32.2. The van der Waals surface area contributed by atoms with Gasteiger partial charge in [-0.1, -0.05) is 63.2 Å². The van der Waals surface area contributed by atoms with E-state index in [1.54, 1.807) is 43.0 Å². The van der Waals surface area contributed by atoms with Gasteiger partial charge in [0.1, 0.15) is 6.04 Å². The third-order valence-corrected chi connectivity index (χ3v) is 6.80. The first kappa shape index (κ1) is 26.5. The summed E-state index contributed by atoms with van der Waals surface area (Å²) in [6.07, 6.45) is 0.667. The number of benzene rings is 2. The fourth-order valence-electron chi connectivity index (χ4n) is 3.32. The Kier molecular flexibility index (Phi) is 10.1. The zero-order valence-corrected chi connectivity index (χ0v) is 20.7. The predicted octanol–water partition coefficient (Wildman–Crippen LogP) is 3.11. The van der Waals surface area contributed by atoms with Crippen LogP contribution >= 0.6 is 0 Å². The summed E-state index contributed by atoms with van der Waals surface area (Å²) in [6, 6.07) is 15.5. The van der Waals surface area contributed by atoms with Crippen molar-refractivity contribution in [2.24, 2.45) is 5.92 Å². The number of nitrogens with zero attached hydrogens (tertiary/aromatic N) is 1. The highest BCUT2D eigenvalue weighted by Crippen LogP contribution is 2.15. The van der Waals surface area contributed by atoms with Crippen molar-refractivity contribution in [3.05, 3.63) is 65.7 Å². The second kappa shape index (κ2) is 12.5. The molecule has 0 heterocycles. The van der Waals surface area contributed by atoms with Gasteiger partial charge in [-0.3, -0.25) is 9.59 Å². The minimum Gasteiger partial charge on any atom is -0.354 e. The lowest BCUT2D eigenvalue weighted by Crippen LogP contribution is -2.48. The SMILES string of the molecule is CCNS(=O)(=O)c1ccc(CCC(=O)N(Cc2ccccc2)C(C)C(=O)NCC(C)C)cc1. The minimum atomic E-state index is -3.51. The van der Waals surface area contributed by atoms with E-state index in [0.29, 0.717) is 32.0 Å². The van der Waals surface area contributed by atoms with Crippen molar-refractivity contribution in [2.45, 2.75) is 58.0 Å². The Labute approximate surface area is 197 Å². The molecule has 1 unspecified atom stereocenters. The van der Waals surface area contributed by atoms with Crippen LogP contribution in [0.5, 0.6) is 0 Å². The van der Waals surface area contributed by atoms with Crippen LogP contribution in [-0.4, -0.2) is 44.3 Å². The number of aryl methyl sites for hydroxylation is 1. The van der Waals surface area contributed by atoms with Gasteiger partial charge in [-0.15, -0.1) is 0 Å². The summed E-state index contributed by atoms with van der Waals surface area (Å²) >= 11 is 0. The summed E-state index contributed by atoms with van der Waals surface area (Å²) in [5.74, 6) is 0.0140. The molecule has 2 amide bonds. The van der Waals surface area contributed by atoms with Gasteiger partial charge in [0, 0.05) is 26.1 Å². The zero-order valence-electron chi connectivity index (χ0n) is 19.9. The van der Waals surface area contributed by atoms with Crippen LogP contribution in [0, 0.1) is 5.92 Å². The standard InChI is InChI=1S/C25H35N3O4S/c1-5-27-33(31,32)23-14-11-21(12-15-23)13-16-24(29)28(18-22-9-7-6-8-10-22)20(4)25(30)26-17-19(2)3/h6-12,14-15,19-20,27H,5,13,16-18H2,1-4H3,(H,26,30). The maximum atomic E-state index is 13.2. The number of carbonyl (C=O) groups excluding carboxylic acids is 2. The lowest BCUT2D eigenvalue weighted by atomic mass is 10.1. The molecule has 1 atom stereocenters. The highest BCUT2D eigenvalue weighted by Gasteiger charge is 2.26. The van der Waals surface area contributed by atoms with Crippen molar-refractivity contribution in [3.8, 4) is 0 Å². The largest absolute Gasteiger partial charge is 0.354 e. The molecule has 2 aromatic carbocycles. The molecule has 0 aromatic heterocycles. The fraction of sp³-hybridized carbons (Fsp3) is 0.440. The Morgan fingerprint density at radius 2 is 1.58 bits per heavy atom. The smallest absolute Gasteiger partial charge is 0.242 e. The molecule has 180 valence electrons. The molecule has 0 aliphatic rings. The molecule has 0 bridgehead atoms. The Hall–Kier alpha value is -2.71. The van der Waals surface area contributed by atoms with E-state index in [4.69, 9.17) is 0 Å². The molecule has 0 radical (unpaired) electrons. The third kappa shape index (κ3) is 8.29. The Balaban J connectivity index is 2.10. The molecule has 2 aromatic rings. The van der Waals surface area contributed by atoms with Crippen molar-refractivity contribution in [1.82, 2.24) is 14.9 Å². The van der Waals surface area contributed by atoms with E-state index in [9.17, 15) is 18.0 Å². The Morgan fingerprint density at radius 1 is 0.939 bits per heavy atom. The maximum Gasteiger partial charge on any atom is 0.242 e. The predicted molar refractivity (Wildman–Crippen MR) is 130 cm³/mol. The summed E-state index contributed by atoms with van der Waals surface area (Å²) in [6.45, 7) is 8.73. The Bertz CT molecular complexity index is 1010. The number of carbonyl (C=O) groups is 2. The monoisotopic (exact) mass is 473 g/mol. The minimum absolute atomic E-state index is 0.129. The van der Waals surface area contributed by atoms with Gasteiger partial charge in [0.15, 0.2) is 0 Å². The van der Waals surface area contributed by atoms with Crippen LogP contribution in [0.2, 0.25) is 0 Å². The molecule has 8 heteroatoms. The third-order valence-electron chi connectivity index (χ3n) is 5.24. The van der Waals surface area contributed by atoms with Crippen molar-refractivity contribution >= 4 is 21.8 Å². The molecule has 0 fully saturated rings. The molecule has 7 nitrogen and oxygen atoms in total. The first-order valence-electron chi connectivity index (χ1n) is 11.3. The van der Waals surface area contributed by atoms with Crippen molar-refractivity contribution < 1.29 is 18.0 Å². The van der Waals surface area contributed by atoms with Crippen LogP contribution in [0.25, 0.3) is 0 Å². The number of amides is 2. The molecule has 0 saturated heterocycles. The quantitative estimate of drug-likeness (QED) is 0.495. The highest BCUT2D eigenvalue weighted by molar-refractivity contribution is 7.89. The molecule has 0 saturated carbocycles. The lowest BCUT2D eigenvalue weighted by Gasteiger charge is -2.29. The molecule has 2 rings (SSSR count). The average molecular weight is 474 g/mol. The first-order valence-corrected chi connectivity index (χ1v) is 12.8. The van der Waals surface area contributed by atoms with E-state index in [1.807, 2.05) is 44.2 Å². The maximum absolute atomic E-state index is 13.2. The van der Waals surface area contributed by atoms with Gasteiger partial charge < -0.3 is 10.2 Å². The number of nitrogens with one attached hydrogen (secondary N) is 2. The fourth-order valence-corrected chi connectivity index (χ4v) is 4.36. The Morgan fingerprint density at radius 3 is 2.15 bits per heavy atom. The molecule has 0 aliphatic carbocycles. The second-order valence-electron chi connectivity index (χ2n) is 8.47. The van der Waals surface area contributed by atoms with Crippen LogP contribution in [0.4, 0.5) is 0 Å². The molecular weight excluding hydrogens is 438 g/mol. The van der Waals surface area contributed by atoms with Crippen LogP contribution in [-0.2, 0) is 32.6 Å². The molecule has 0 aliphatic heterocycles. The molecule has 0 spiro atoms. The van der Waals surface area contributed by atoms with Gasteiger partial charge in [0.05, 0.1) is 4.90 Å². The zero-order chi connectivity index (χ0) is 24.4. The second-order valence-corrected chi connectivity index (χ2v) is 10.2. The summed E-state index contributed by atoms with van der Waals surface area (Å²) in [7, 11) is -3.51. The van der Waals surface area contributed by atoms with Crippen LogP contribution in [0.3, 0.4) is 0 Å². The first-order chi connectivity index (χ1) is 15.6. The van der Waals surface area contributed by atoms with E-state index in [1.165, 1.54) is 0 Å². The van der Waals surface area contributed by atoms with Gasteiger partial charge in [0.2, 0.25) is 21.8 Å². The number of hydrogen-bond acceptors (Lipinski definition) is 4. The van der Waals surface area contributed by atoms with Crippen molar-refractivity contribution in [1.29, 1.82) is 0 Å². The van der Waals surface area contributed by atoms with E-state index >= 15 is 0 Å². The van der Waals surface area contributed by atoms with Crippen LogP contribution in [0.15, 0.2) is 59.5 Å². The number of hydrogen-bond donors (Lipinski definition) is 2. The van der Waals surface area contributed by atoms with E-state index in [-0.39, 0.29) is 23.1 Å².